The van der Waals surface area contributed by atoms with Gasteiger partial charge in [0.1, 0.15) is 12.2 Å². The first kappa shape index (κ1) is 34.8. The van der Waals surface area contributed by atoms with Crippen LogP contribution in [0.25, 0.3) is 10.8 Å². The van der Waals surface area contributed by atoms with Gasteiger partial charge in [0.2, 0.25) is 5.91 Å². The molecular formula is C36H47N3O7. The van der Waals surface area contributed by atoms with Crippen molar-refractivity contribution >= 4 is 34.4 Å². The highest BCUT2D eigenvalue weighted by atomic mass is 16.6. The van der Waals surface area contributed by atoms with Crippen molar-refractivity contribution in [1.29, 1.82) is 0 Å². The molecule has 46 heavy (non-hydrogen) atoms. The molecule has 10 heteroatoms. The average molecular weight is 634 g/mol. The molecule has 10 nitrogen and oxygen atoms in total. The molecule has 0 saturated heterocycles. The van der Waals surface area contributed by atoms with Crippen LogP contribution in [-0.2, 0) is 25.7 Å². The molecule has 1 aliphatic rings. The zero-order chi connectivity index (χ0) is 33.1. The van der Waals surface area contributed by atoms with E-state index in [-0.39, 0.29) is 37.0 Å². The van der Waals surface area contributed by atoms with E-state index < -0.39 is 23.7 Å². The van der Waals surface area contributed by atoms with Crippen LogP contribution in [0, 0.1) is 5.92 Å². The molecule has 248 valence electrons. The van der Waals surface area contributed by atoms with E-state index >= 15 is 0 Å². The Morgan fingerprint density at radius 1 is 0.957 bits per heavy atom. The van der Waals surface area contributed by atoms with E-state index in [0.29, 0.717) is 30.5 Å². The number of esters is 1. The molecule has 1 aromatic heterocycles. The summed E-state index contributed by atoms with van der Waals surface area (Å²) in [6.45, 7) is 5.47. The normalized spacial score (nSPS) is 18.6. The zero-order valence-corrected chi connectivity index (χ0v) is 27.0. The Hall–Kier alpha value is -4.02. The molecule has 2 aromatic carbocycles. The number of amides is 2. The van der Waals surface area contributed by atoms with Gasteiger partial charge in [0, 0.05) is 36.4 Å². The Kier molecular flexibility index (Phi) is 12.5. The molecular weight excluding hydrogens is 586 g/mol. The molecule has 2 amide bonds. The van der Waals surface area contributed by atoms with Gasteiger partial charge in [-0.05, 0) is 87.1 Å². The fourth-order valence-electron chi connectivity index (χ4n) is 5.75. The van der Waals surface area contributed by atoms with Crippen molar-refractivity contribution in [2.75, 3.05) is 11.9 Å². The van der Waals surface area contributed by atoms with Crippen LogP contribution in [0.1, 0.15) is 89.2 Å². The van der Waals surface area contributed by atoms with Crippen molar-refractivity contribution in [2.45, 2.75) is 102 Å². The number of nitrogens with zero attached hydrogens (tertiary/aromatic N) is 1. The minimum Gasteiger partial charge on any atom is -0.461 e. The third-order valence-corrected chi connectivity index (χ3v) is 8.19. The number of alkyl carbamates (subject to hydrolysis) is 1. The van der Waals surface area contributed by atoms with Crippen molar-refractivity contribution in [1.82, 2.24) is 10.3 Å². The number of nitrogens with one attached hydrogen (secondary N) is 2. The Balaban J connectivity index is 1.27. The largest absolute Gasteiger partial charge is 0.461 e. The highest BCUT2D eigenvalue weighted by molar-refractivity contribution is 5.98. The van der Waals surface area contributed by atoms with Crippen molar-refractivity contribution in [3.8, 4) is 0 Å². The molecule has 0 aliphatic heterocycles. The molecule has 1 heterocycles. The number of aliphatic hydroxyl groups excluding tert-OH is 2. The van der Waals surface area contributed by atoms with Crippen LogP contribution in [0.5, 0.6) is 0 Å². The molecule has 1 saturated carbocycles. The molecule has 3 unspecified atom stereocenters. The van der Waals surface area contributed by atoms with Crippen LogP contribution in [0.3, 0.4) is 0 Å². The minimum atomic E-state index is -0.709. The Bertz CT molecular complexity index is 1450. The summed E-state index contributed by atoms with van der Waals surface area (Å²) in [5.74, 6) is -1.08. The maximum atomic E-state index is 13.5. The number of unbranched alkanes of at least 4 members (excludes halogenated alkanes) is 3. The van der Waals surface area contributed by atoms with E-state index in [9.17, 15) is 24.6 Å². The first-order valence-electron chi connectivity index (χ1n) is 16.2. The lowest BCUT2D eigenvalue weighted by Crippen LogP contribution is -2.37. The topological polar surface area (TPSA) is 147 Å². The molecule has 0 spiro atoms. The Morgan fingerprint density at radius 3 is 2.43 bits per heavy atom. The van der Waals surface area contributed by atoms with E-state index in [1.807, 2.05) is 36.4 Å². The summed E-state index contributed by atoms with van der Waals surface area (Å²) in [6, 6.07) is 14.7. The summed E-state index contributed by atoms with van der Waals surface area (Å²) in [6.07, 6.45) is 8.05. The van der Waals surface area contributed by atoms with E-state index in [4.69, 9.17) is 9.47 Å². The van der Waals surface area contributed by atoms with Crippen LogP contribution < -0.4 is 10.6 Å². The van der Waals surface area contributed by atoms with E-state index in [0.717, 1.165) is 48.4 Å². The number of rotatable bonds is 14. The maximum Gasteiger partial charge on any atom is 0.407 e. The lowest BCUT2D eigenvalue weighted by atomic mass is 9.96. The summed E-state index contributed by atoms with van der Waals surface area (Å²) in [5, 5.41) is 27.2. The summed E-state index contributed by atoms with van der Waals surface area (Å²) in [7, 11) is 0. The maximum absolute atomic E-state index is 13.5. The van der Waals surface area contributed by atoms with Crippen LogP contribution in [0.4, 0.5) is 10.5 Å². The number of fused-ring (bicyclic) bond motifs is 1. The number of aromatic nitrogens is 1. The highest BCUT2D eigenvalue weighted by Gasteiger charge is 2.31. The molecule has 4 rings (SSSR count). The molecule has 4 atom stereocenters. The predicted molar refractivity (Wildman–Crippen MR) is 176 cm³/mol. The van der Waals surface area contributed by atoms with Gasteiger partial charge in [-0.3, -0.25) is 14.6 Å². The quantitative estimate of drug-likeness (QED) is 0.125. The van der Waals surface area contributed by atoms with Gasteiger partial charge in [0.05, 0.1) is 18.1 Å². The lowest BCUT2D eigenvalue weighted by Gasteiger charge is -2.22. The van der Waals surface area contributed by atoms with E-state index in [1.54, 1.807) is 45.3 Å². The fraction of sp³-hybridized carbons (Fsp3) is 0.500. The van der Waals surface area contributed by atoms with Gasteiger partial charge in [-0.25, -0.2) is 4.79 Å². The van der Waals surface area contributed by atoms with E-state index in [2.05, 4.69) is 15.6 Å². The van der Waals surface area contributed by atoms with Crippen LogP contribution in [0.15, 0.2) is 60.9 Å². The number of hydrogen-bond acceptors (Lipinski definition) is 8. The second kappa shape index (κ2) is 16.5. The Labute approximate surface area is 270 Å². The highest BCUT2D eigenvalue weighted by Crippen LogP contribution is 2.30. The van der Waals surface area contributed by atoms with Crippen molar-refractivity contribution in [3.05, 3.63) is 72.1 Å². The zero-order valence-electron chi connectivity index (χ0n) is 27.0. The number of carbonyl (C=O) groups excluding carboxylic acids is 3. The van der Waals surface area contributed by atoms with Crippen molar-refractivity contribution < 1.29 is 34.1 Å². The average Bonchev–Trinajstić information content (AvgIpc) is 3.33. The van der Waals surface area contributed by atoms with Crippen LogP contribution >= 0.6 is 0 Å². The third kappa shape index (κ3) is 11.1. The van der Waals surface area contributed by atoms with Crippen LogP contribution in [0.2, 0.25) is 0 Å². The van der Waals surface area contributed by atoms with Crippen LogP contribution in [-0.4, -0.2) is 57.5 Å². The molecule has 3 aromatic rings. The number of pyridine rings is 1. The number of aliphatic hydroxyl groups is 2. The summed E-state index contributed by atoms with van der Waals surface area (Å²) >= 11 is 0. The van der Waals surface area contributed by atoms with E-state index in [1.165, 1.54) is 0 Å². The van der Waals surface area contributed by atoms with Crippen molar-refractivity contribution in [2.24, 2.45) is 5.92 Å². The third-order valence-electron chi connectivity index (χ3n) is 8.19. The van der Waals surface area contributed by atoms with Gasteiger partial charge in [0.15, 0.2) is 0 Å². The summed E-state index contributed by atoms with van der Waals surface area (Å²) in [5.41, 5.74) is 1.43. The number of benzene rings is 2. The molecule has 1 fully saturated rings. The first-order chi connectivity index (χ1) is 22.0. The molecule has 1 aliphatic carbocycles. The van der Waals surface area contributed by atoms with Gasteiger partial charge in [-0.2, -0.15) is 0 Å². The number of carbonyl (C=O) groups is 3. The number of anilines is 1. The van der Waals surface area contributed by atoms with Gasteiger partial charge >= 0.3 is 12.1 Å². The van der Waals surface area contributed by atoms with Gasteiger partial charge in [-0.15, -0.1) is 0 Å². The minimum absolute atomic E-state index is 0.0236. The predicted octanol–water partition coefficient (Wildman–Crippen LogP) is 6.00. The number of ether oxygens (including phenoxy) is 2. The SMILES string of the molecule is CC(C)(C)OC(=O)NCC(C(=O)Nc1ccc2cnccc2c1)c1ccc(COC(=O)CCCCCC[C@@H]2CC(O)CC2O)cc1. The standard InChI is InChI=1S/C36H47N3O7/c1-36(2,3)46-35(44)38-22-31(34(43)39-29-15-14-28-21-37-17-16-26(28)18-29)25-12-10-24(11-13-25)23-45-33(42)9-7-5-4-6-8-27-19-30(40)20-32(27)41/h10-18,21,27,30-32,40-41H,4-9,19-20,22-23H2,1-3H3,(H,38,44)(H,39,43)/t27-,30?,31?,32?/m1/s1. The van der Waals surface area contributed by atoms with Gasteiger partial charge in [0.25, 0.3) is 0 Å². The summed E-state index contributed by atoms with van der Waals surface area (Å²) < 4.78 is 10.8. The second-order valence-electron chi connectivity index (χ2n) is 13.2. The molecule has 0 bridgehead atoms. The Morgan fingerprint density at radius 2 is 1.72 bits per heavy atom. The molecule has 4 N–H and O–H groups in total. The second-order valence-corrected chi connectivity index (χ2v) is 13.2. The van der Waals surface area contributed by atoms with Gasteiger partial charge in [-0.1, -0.05) is 49.6 Å². The van der Waals surface area contributed by atoms with Crippen molar-refractivity contribution in [3.63, 3.8) is 0 Å². The fourth-order valence-corrected chi connectivity index (χ4v) is 5.75. The first-order valence-corrected chi connectivity index (χ1v) is 16.2. The monoisotopic (exact) mass is 633 g/mol. The lowest BCUT2D eigenvalue weighted by molar-refractivity contribution is -0.145. The number of hydrogen-bond donors (Lipinski definition) is 4. The smallest absolute Gasteiger partial charge is 0.407 e. The van der Waals surface area contributed by atoms with Gasteiger partial charge < -0.3 is 30.3 Å². The summed E-state index contributed by atoms with van der Waals surface area (Å²) in [4.78, 5) is 42.3. The molecule has 0 radical (unpaired) electrons.